The summed E-state index contributed by atoms with van der Waals surface area (Å²) in [6.07, 6.45) is 2.22. The van der Waals surface area contributed by atoms with Crippen LogP contribution in [-0.2, 0) is 0 Å². The standard InChI is InChI=1S/C8H10N2O2/c1-9(2)8(12)10-5-3-4-7(10)6-11/h3-6H,1-2H3. The van der Waals surface area contributed by atoms with E-state index in [0.717, 1.165) is 0 Å². The summed E-state index contributed by atoms with van der Waals surface area (Å²) in [5.41, 5.74) is 0.369. The fourth-order valence-electron chi connectivity index (χ4n) is 0.880. The van der Waals surface area contributed by atoms with Crippen LogP contribution in [0.4, 0.5) is 4.79 Å². The lowest BCUT2D eigenvalue weighted by Crippen LogP contribution is -2.27. The Hall–Kier alpha value is -1.58. The molecule has 12 heavy (non-hydrogen) atoms. The van der Waals surface area contributed by atoms with Crippen LogP contribution in [0.1, 0.15) is 10.5 Å². The zero-order chi connectivity index (χ0) is 9.14. The van der Waals surface area contributed by atoms with Crippen molar-refractivity contribution in [2.75, 3.05) is 14.1 Å². The van der Waals surface area contributed by atoms with Gasteiger partial charge >= 0.3 is 6.03 Å². The van der Waals surface area contributed by atoms with Crippen LogP contribution < -0.4 is 0 Å². The van der Waals surface area contributed by atoms with E-state index in [1.807, 2.05) is 0 Å². The minimum absolute atomic E-state index is 0.220. The van der Waals surface area contributed by atoms with Crippen molar-refractivity contribution in [3.05, 3.63) is 24.0 Å². The van der Waals surface area contributed by atoms with Gasteiger partial charge in [-0.25, -0.2) is 4.79 Å². The summed E-state index contributed by atoms with van der Waals surface area (Å²) >= 11 is 0. The molecule has 1 amide bonds. The lowest BCUT2D eigenvalue weighted by molar-refractivity contribution is 0.111. The summed E-state index contributed by atoms with van der Waals surface area (Å²) in [7, 11) is 3.27. The van der Waals surface area contributed by atoms with Gasteiger partial charge in [-0.15, -0.1) is 0 Å². The van der Waals surface area contributed by atoms with Gasteiger partial charge in [-0.1, -0.05) is 0 Å². The zero-order valence-electron chi connectivity index (χ0n) is 7.02. The van der Waals surface area contributed by atoms with E-state index in [1.54, 1.807) is 32.4 Å². The van der Waals surface area contributed by atoms with Gasteiger partial charge in [-0.05, 0) is 12.1 Å². The smallest absolute Gasteiger partial charge is 0.328 e. The average molecular weight is 166 g/mol. The van der Waals surface area contributed by atoms with Gasteiger partial charge in [0.1, 0.15) is 0 Å². The molecule has 4 heteroatoms. The number of aldehydes is 1. The van der Waals surface area contributed by atoms with Gasteiger partial charge in [0.05, 0.1) is 5.69 Å². The number of hydrogen-bond donors (Lipinski definition) is 0. The Morgan fingerprint density at radius 1 is 1.58 bits per heavy atom. The first kappa shape index (κ1) is 8.52. The highest BCUT2D eigenvalue weighted by atomic mass is 16.2. The third kappa shape index (κ3) is 1.37. The maximum atomic E-state index is 11.3. The molecule has 0 fully saturated rings. The summed E-state index contributed by atoms with van der Waals surface area (Å²) in [4.78, 5) is 23.1. The van der Waals surface area contributed by atoms with E-state index in [1.165, 1.54) is 9.47 Å². The number of nitrogens with zero attached hydrogens (tertiary/aromatic N) is 2. The fraction of sp³-hybridized carbons (Fsp3) is 0.250. The molecule has 0 unspecified atom stereocenters. The summed E-state index contributed by atoms with van der Waals surface area (Å²) in [5.74, 6) is 0. The molecule has 1 aromatic rings. The molecule has 0 spiro atoms. The quantitative estimate of drug-likeness (QED) is 0.580. The van der Waals surface area contributed by atoms with E-state index < -0.39 is 0 Å². The van der Waals surface area contributed by atoms with Crippen molar-refractivity contribution in [2.24, 2.45) is 0 Å². The molecule has 0 atom stereocenters. The van der Waals surface area contributed by atoms with Crippen molar-refractivity contribution >= 4 is 12.3 Å². The molecule has 0 radical (unpaired) electrons. The molecule has 0 aliphatic rings. The van der Waals surface area contributed by atoms with Crippen molar-refractivity contribution in [2.45, 2.75) is 0 Å². The monoisotopic (exact) mass is 166 g/mol. The predicted molar refractivity (Wildman–Crippen MR) is 44.3 cm³/mol. The zero-order valence-corrected chi connectivity index (χ0v) is 7.02. The van der Waals surface area contributed by atoms with Crippen LogP contribution in [0.15, 0.2) is 18.3 Å². The van der Waals surface area contributed by atoms with E-state index in [4.69, 9.17) is 0 Å². The molecular weight excluding hydrogens is 156 g/mol. The molecule has 0 aliphatic carbocycles. The van der Waals surface area contributed by atoms with Crippen LogP contribution in [0.5, 0.6) is 0 Å². The number of aromatic nitrogens is 1. The summed E-state index contributed by atoms with van der Waals surface area (Å²) in [6.45, 7) is 0. The minimum atomic E-state index is -0.220. The Bertz CT molecular complexity index is 302. The van der Waals surface area contributed by atoms with E-state index in [0.29, 0.717) is 12.0 Å². The van der Waals surface area contributed by atoms with Crippen LogP contribution >= 0.6 is 0 Å². The first-order valence-corrected chi connectivity index (χ1v) is 3.51. The SMILES string of the molecule is CN(C)C(=O)n1cccc1C=O. The predicted octanol–water partition coefficient (Wildman–Crippen LogP) is 0.830. The lowest BCUT2D eigenvalue weighted by Gasteiger charge is -2.11. The molecule has 1 heterocycles. The number of carbonyl (C=O) groups excluding carboxylic acids is 2. The first-order chi connectivity index (χ1) is 5.66. The molecule has 1 aromatic heterocycles. The van der Waals surface area contributed by atoms with Gasteiger partial charge in [0, 0.05) is 20.3 Å². The normalized spacial score (nSPS) is 9.50. The highest BCUT2D eigenvalue weighted by Gasteiger charge is 2.09. The Kier molecular flexibility index (Phi) is 2.28. The molecule has 0 saturated carbocycles. The number of hydrogen-bond acceptors (Lipinski definition) is 2. The maximum Gasteiger partial charge on any atom is 0.328 e. The summed E-state index contributed by atoms with van der Waals surface area (Å²) in [5, 5.41) is 0. The van der Waals surface area contributed by atoms with Crippen LogP contribution in [0.25, 0.3) is 0 Å². The van der Waals surface area contributed by atoms with Crippen molar-refractivity contribution in [1.82, 2.24) is 9.47 Å². The van der Waals surface area contributed by atoms with E-state index in [-0.39, 0.29) is 6.03 Å². The number of carbonyl (C=O) groups is 2. The highest BCUT2D eigenvalue weighted by Crippen LogP contribution is 2.00. The largest absolute Gasteiger partial charge is 0.330 e. The van der Waals surface area contributed by atoms with Gasteiger partial charge in [-0.2, -0.15) is 0 Å². The Morgan fingerprint density at radius 3 is 2.75 bits per heavy atom. The second-order valence-electron chi connectivity index (χ2n) is 2.60. The van der Waals surface area contributed by atoms with Gasteiger partial charge in [-0.3, -0.25) is 9.36 Å². The number of rotatable bonds is 1. The van der Waals surface area contributed by atoms with Crippen LogP contribution in [0.2, 0.25) is 0 Å². The van der Waals surface area contributed by atoms with Gasteiger partial charge in [0.25, 0.3) is 0 Å². The Labute approximate surface area is 70.4 Å². The number of amides is 1. The molecule has 4 nitrogen and oxygen atoms in total. The van der Waals surface area contributed by atoms with Crippen LogP contribution in [0.3, 0.4) is 0 Å². The van der Waals surface area contributed by atoms with E-state index in [9.17, 15) is 9.59 Å². The van der Waals surface area contributed by atoms with Crippen molar-refractivity contribution < 1.29 is 9.59 Å². The molecule has 0 aliphatic heterocycles. The van der Waals surface area contributed by atoms with Gasteiger partial charge < -0.3 is 4.90 Å². The molecular formula is C8H10N2O2. The summed E-state index contributed by atoms with van der Waals surface area (Å²) < 4.78 is 1.30. The van der Waals surface area contributed by atoms with Crippen molar-refractivity contribution in [3.8, 4) is 0 Å². The topological polar surface area (TPSA) is 42.3 Å². The van der Waals surface area contributed by atoms with Crippen LogP contribution in [-0.4, -0.2) is 35.9 Å². The highest BCUT2D eigenvalue weighted by molar-refractivity contribution is 5.84. The Morgan fingerprint density at radius 2 is 2.25 bits per heavy atom. The van der Waals surface area contributed by atoms with Gasteiger partial charge in [0.2, 0.25) is 0 Å². The van der Waals surface area contributed by atoms with E-state index >= 15 is 0 Å². The van der Waals surface area contributed by atoms with Crippen molar-refractivity contribution in [3.63, 3.8) is 0 Å². The molecule has 0 saturated heterocycles. The third-order valence-electron chi connectivity index (χ3n) is 1.49. The van der Waals surface area contributed by atoms with Crippen LogP contribution in [0, 0.1) is 0 Å². The molecule has 1 rings (SSSR count). The second kappa shape index (κ2) is 3.21. The molecule has 0 N–H and O–H groups in total. The molecule has 0 aromatic carbocycles. The average Bonchev–Trinajstić information content (AvgIpc) is 2.49. The lowest BCUT2D eigenvalue weighted by atomic mass is 10.5. The molecule has 0 bridgehead atoms. The maximum absolute atomic E-state index is 11.3. The van der Waals surface area contributed by atoms with Crippen molar-refractivity contribution in [1.29, 1.82) is 0 Å². The summed E-state index contributed by atoms with van der Waals surface area (Å²) in [6, 6.07) is 3.03. The minimum Gasteiger partial charge on any atom is -0.330 e. The third-order valence-corrected chi connectivity index (χ3v) is 1.49. The first-order valence-electron chi connectivity index (χ1n) is 3.51. The van der Waals surface area contributed by atoms with Gasteiger partial charge in [0.15, 0.2) is 6.29 Å². The Balaban J connectivity index is 3.01. The van der Waals surface area contributed by atoms with E-state index in [2.05, 4.69) is 0 Å². The molecule has 64 valence electrons. The fourth-order valence-corrected chi connectivity index (χ4v) is 0.880. The second-order valence-corrected chi connectivity index (χ2v) is 2.60.